The Morgan fingerprint density at radius 2 is 2.46 bits per heavy atom. The molecule has 0 fully saturated rings. The van der Waals surface area contributed by atoms with Crippen molar-refractivity contribution in [1.29, 1.82) is 0 Å². The molecule has 1 amide bonds. The number of allylic oxidation sites excluding steroid dienone is 1. The molecule has 0 radical (unpaired) electrons. The van der Waals surface area contributed by atoms with Crippen molar-refractivity contribution in [1.82, 2.24) is 5.32 Å². The average molecular weight is 195 g/mol. The second-order valence-electron chi connectivity index (χ2n) is 2.79. The van der Waals surface area contributed by atoms with Crippen LogP contribution in [0.2, 0.25) is 0 Å². The number of rotatable bonds is 3. The maximum Gasteiger partial charge on any atom is 0.244 e. The summed E-state index contributed by atoms with van der Waals surface area (Å²) in [5.41, 5.74) is 1.16. The maximum absolute atomic E-state index is 11.2. The van der Waals surface area contributed by atoms with Crippen LogP contribution in [0.4, 0.5) is 0 Å². The van der Waals surface area contributed by atoms with Gasteiger partial charge in [-0.25, -0.2) is 0 Å². The van der Waals surface area contributed by atoms with Crippen molar-refractivity contribution in [2.75, 3.05) is 0 Å². The van der Waals surface area contributed by atoms with Gasteiger partial charge in [-0.1, -0.05) is 6.08 Å². The number of hydrogen-bond donors (Lipinski definition) is 1. The van der Waals surface area contributed by atoms with E-state index in [-0.39, 0.29) is 11.9 Å². The molecule has 1 unspecified atom stereocenters. The first-order valence-electron chi connectivity index (χ1n) is 4.19. The van der Waals surface area contributed by atoms with Gasteiger partial charge in [-0.15, -0.1) is 0 Å². The van der Waals surface area contributed by atoms with Crippen molar-refractivity contribution in [3.63, 3.8) is 0 Å². The van der Waals surface area contributed by atoms with Crippen LogP contribution in [-0.4, -0.2) is 5.91 Å². The molecule has 2 nitrogen and oxygen atoms in total. The fraction of sp³-hybridized carbons (Fsp3) is 0.300. The van der Waals surface area contributed by atoms with E-state index in [0.717, 1.165) is 5.56 Å². The van der Waals surface area contributed by atoms with Gasteiger partial charge in [0.05, 0.1) is 6.04 Å². The zero-order valence-corrected chi connectivity index (χ0v) is 8.60. The smallest absolute Gasteiger partial charge is 0.244 e. The number of carbonyl (C=O) groups excluding carboxylic acids is 1. The van der Waals surface area contributed by atoms with Gasteiger partial charge in [-0.2, -0.15) is 11.3 Å². The van der Waals surface area contributed by atoms with Crippen LogP contribution in [0.5, 0.6) is 0 Å². The normalized spacial score (nSPS) is 13.1. The van der Waals surface area contributed by atoms with E-state index in [1.807, 2.05) is 30.7 Å². The number of hydrogen-bond acceptors (Lipinski definition) is 2. The fourth-order valence-electron chi connectivity index (χ4n) is 1.02. The molecule has 0 spiro atoms. The quantitative estimate of drug-likeness (QED) is 0.738. The molecule has 3 heteroatoms. The predicted octanol–water partition coefficient (Wildman–Crippen LogP) is 2.50. The molecule has 1 rings (SSSR count). The molecule has 0 saturated heterocycles. The predicted molar refractivity (Wildman–Crippen MR) is 55.7 cm³/mol. The molecule has 70 valence electrons. The Morgan fingerprint density at radius 3 is 3.00 bits per heavy atom. The van der Waals surface area contributed by atoms with Crippen LogP contribution >= 0.6 is 11.3 Å². The van der Waals surface area contributed by atoms with Crippen LogP contribution < -0.4 is 5.32 Å². The van der Waals surface area contributed by atoms with E-state index in [9.17, 15) is 4.79 Å². The third-order valence-electron chi connectivity index (χ3n) is 1.72. The van der Waals surface area contributed by atoms with Crippen LogP contribution in [0.25, 0.3) is 0 Å². The molecule has 1 atom stereocenters. The van der Waals surface area contributed by atoms with Crippen LogP contribution in [-0.2, 0) is 4.79 Å². The average Bonchev–Trinajstić information content (AvgIpc) is 2.55. The number of nitrogens with one attached hydrogen (secondary N) is 1. The summed E-state index contributed by atoms with van der Waals surface area (Å²) < 4.78 is 0. The van der Waals surface area contributed by atoms with Gasteiger partial charge in [0.15, 0.2) is 0 Å². The maximum atomic E-state index is 11.2. The minimum Gasteiger partial charge on any atom is -0.346 e. The lowest BCUT2D eigenvalue weighted by molar-refractivity contribution is -0.117. The molecule has 0 aliphatic carbocycles. The van der Waals surface area contributed by atoms with Gasteiger partial charge in [0.2, 0.25) is 5.91 Å². The zero-order valence-electron chi connectivity index (χ0n) is 7.78. The lowest BCUT2D eigenvalue weighted by Crippen LogP contribution is -2.24. The van der Waals surface area contributed by atoms with E-state index < -0.39 is 0 Å². The largest absolute Gasteiger partial charge is 0.346 e. The van der Waals surface area contributed by atoms with Crippen molar-refractivity contribution in [2.45, 2.75) is 19.9 Å². The lowest BCUT2D eigenvalue weighted by Gasteiger charge is -2.09. The highest BCUT2D eigenvalue weighted by atomic mass is 32.1. The molecule has 1 aromatic heterocycles. The van der Waals surface area contributed by atoms with Crippen molar-refractivity contribution in [2.24, 2.45) is 0 Å². The molecule has 1 N–H and O–H groups in total. The first kappa shape index (κ1) is 9.99. The summed E-state index contributed by atoms with van der Waals surface area (Å²) in [6.45, 7) is 3.80. The van der Waals surface area contributed by atoms with Gasteiger partial charge in [0.1, 0.15) is 0 Å². The van der Waals surface area contributed by atoms with Crippen molar-refractivity contribution < 1.29 is 4.79 Å². The Balaban J connectivity index is 2.51. The van der Waals surface area contributed by atoms with Crippen LogP contribution in [0, 0.1) is 0 Å². The Bertz CT molecular complexity index is 290. The van der Waals surface area contributed by atoms with E-state index in [2.05, 4.69) is 5.32 Å². The number of thiophene rings is 1. The summed E-state index contributed by atoms with van der Waals surface area (Å²) in [4.78, 5) is 11.2. The van der Waals surface area contributed by atoms with E-state index in [4.69, 9.17) is 0 Å². The van der Waals surface area contributed by atoms with E-state index in [1.165, 1.54) is 6.08 Å². The molecular formula is C10H13NOS. The molecule has 13 heavy (non-hydrogen) atoms. The fourth-order valence-corrected chi connectivity index (χ4v) is 1.77. The summed E-state index contributed by atoms with van der Waals surface area (Å²) in [5.74, 6) is -0.0406. The van der Waals surface area contributed by atoms with Gasteiger partial charge in [-0.3, -0.25) is 4.79 Å². The molecule has 1 heterocycles. The second kappa shape index (κ2) is 4.82. The Morgan fingerprint density at radius 1 is 1.69 bits per heavy atom. The minimum atomic E-state index is -0.0406. The zero-order chi connectivity index (χ0) is 9.68. The molecule has 0 saturated carbocycles. The van der Waals surface area contributed by atoms with Gasteiger partial charge in [0, 0.05) is 0 Å². The highest BCUT2D eigenvalue weighted by molar-refractivity contribution is 7.07. The molecule has 0 aromatic carbocycles. The van der Waals surface area contributed by atoms with Gasteiger partial charge in [-0.05, 0) is 42.3 Å². The summed E-state index contributed by atoms with van der Waals surface area (Å²) in [6.07, 6.45) is 3.26. The SMILES string of the molecule is C/C=C/C(=O)NC(C)c1ccsc1. The summed E-state index contributed by atoms with van der Waals surface area (Å²) in [6, 6.07) is 2.11. The van der Waals surface area contributed by atoms with Crippen molar-refractivity contribution >= 4 is 17.2 Å². The first-order chi connectivity index (χ1) is 6.24. The molecule has 1 aromatic rings. The number of carbonyl (C=O) groups is 1. The van der Waals surface area contributed by atoms with Gasteiger partial charge >= 0.3 is 0 Å². The van der Waals surface area contributed by atoms with E-state index in [0.29, 0.717) is 0 Å². The first-order valence-corrected chi connectivity index (χ1v) is 5.13. The van der Waals surface area contributed by atoms with Crippen LogP contribution in [0.3, 0.4) is 0 Å². The number of amides is 1. The van der Waals surface area contributed by atoms with Crippen molar-refractivity contribution in [3.05, 3.63) is 34.5 Å². The third kappa shape index (κ3) is 3.03. The molecule has 0 bridgehead atoms. The van der Waals surface area contributed by atoms with E-state index >= 15 is 0 Å². The lowest BCUT2D eigenvalue weighted by atomic mass is 10.2. The highest BCUT2D eigenvalue weighted by Gasteiger charge is 2.06. The standard InChI is InChI=1S/C10H13NOS/c1-3-4-10(12)11-8(2)9-5-6-13-7-9/h3-8H,1-2H3,(H,11,12)/b4-3+. The second-order valence-corrected chi connectivity index (χ2v) is 3.57. The molecule has 0 aliphatic heterocycles. The Kier molecular flexibility index (Phi) is 3.71. The van der Waals surface area contributed by atoms with Crippen molar-refractivity contribution in [3.8, 4) is 0 Å². The van der Waals surface area contributed by atoms with Crippen LogP contribution in [0.15, 0.2) is 29.0 Å². The highest BCUT2D eigenvalue weighted by Crippen LogP contribution is 2.15. The van der Waals surface area contributed by atoms with Gasteiger partial charge in [0.25, 0.3) is 0 Å². The summed E-state index contributed by atoms with van der Waals surface area (Å²) in [5, 5.41) is 6.91. The third-order valence-corrected chi connectivity index (χ3v) is 2.42. The Hall–Kier alpha value is -1.09. The molecular weight excluding hydrogens is 182 g/mol. The monoisotopic (exact) mass is 195 g/mol. The van der Waals surface area contributed by atoms with Gasteiger partial charge < -0.3 is 5.32 Å². The summed E-state index contributed by atoms with van der Waals surface area (Å²) >= 11 is 1.64. The minimum absolute atomic E-state index is 0.0406. The topological polar surface area (TPSA) is 29.1 Å². The summed E-state index contributed by atoms with van der Waals surface area (Å²) in [7, 11) is 0. The van der Waals surface area contributed by atoms with E-state index in [1.54, 1.807) is 17.4 Å². The molecule has 0 aliphatic rings. The van der Waals surface area contributed by atoms with Crippen LogP contribution in [0.1, 0.15) is 25.5 Å². The Labute approximate surface area is 82.3 Å².